The van der Waals surface area contributed by atoms with Crippen LogP contribution >= 0.6 is 0 Å². The summed E-state index contributed by atoms with van der Waals surface area (Å²) < 4.78 is 30.0. The molecule has 2 amide bonds. The van der Waals surface area contributed by atoms with E-state index in [0.717, 1.165) is 23.7 Å². The molecule has 2 aromatic carbocycles. The molecule has 172 valence electrons. The summed E-state index contributed by atoms with van der Waals surface area (Å²) >= 11 is 0. The van der Waals surface area contributed by atoms with E-state index in [1.54, 1.807) is 31.4 Å². The molecule has 1 heterocycles. The van der Waals surface area contributed by atoms with Gasteiger partial charge in [0, 0.05) is 24.8 Å². The van der Waals surface area contributed by atoms with Gasteiger partial charge in [0.15, 0.2) is 0 Å². The van der Waals surface area contributed by atoms with E-state index in [1.807, 2.05) is 24.3 Å². The van der Waals surface area contributed by atoms with E-state index in [0.29, 0.717) is 11.4 Å². The molecule has 0 saturated heterocycles. The Bertz CT molecular complexity index is 1250. The highest BCUT2D eigenvalue weighted by Crippen LogP contribution is 2.13. The van der Waals surface area contributed by atoms with Gasteiger partial charge < -0.3 is 15.4 Å². The van der Waals surface area contributed by atoms with Gasteiger partial charge in [0.25, 0.3) is 11.8 Å². The van der Waals surface area contributed by atoms with Gasteiger partial charge in [-0.1, -0.05) is 24.3 Å². The summed E-state index contributed by atoms with van der Waals surface area (Å²) in [6.45, 7) is 0.463. The number of sulfonamides is 1. The Kier molecular flexibility index (Phi) is 7.57. The first-order chi connectivity index (χ1) is 15.7. The van der Waals surface area contributed by atoms with E-state index < -0.39 is 21.8 Å². The number of methoxy groups -OCH3 is 1. The number of ether oxygens (including phenoxy) is 1. The SMILES string of the molecule is COc1cccc(CNC(=O)c2cc(C(=O)NCc3ccc(NS(C)(=O)=O)cc3)ncn2)c1. The molecule has 0 fully saturated rings. The first-order valence-corrected chi connectivity index (χ1v) is 11.7. The molecule has 0 spiro atoms. The number of hydrogen-bond acceptors (Lipinski definition) is 7. The van der Waals surface area contributed by atoms with Crippen LogP contribution in [0, 0.1) is 0 Å². The van der Waals surface area contributed by atoms with Gasteiger partial charge in [0.2, 0.25) is 10.0 Å². The fraction of sp³-hybridized carbons (Fsp3) is 0.182. The van der Waals surface area contributed by atoms with Gasteiger partial charge in [-0.3, -0.25) is 14.3 Å². The molecule has 0 bridgehead atoms. The van der Waals surface area contributed by atoms with Crippen molar-refractivity contribution in [3.8, 4) is 5.75 Å². The van der Waals surface area contributed by atoms with Crippen LogP contribution in [0.1, 0.15) is 32.1 Å². The van der Waals surface area contributed by atoms with Gasteiger partial charge in [0.05, 0.1) is 13.4 Å². The van der Waals surface area contributed by atoms with E-state index in [4.69, 9.17) is 4.74 Å². The molecule has 3 aromatic rings. The van der Waals surface area contributed by atoms with Crippen molar-refractivity contribution in [1.29, 1.82) is 0 Å². The summed E-state index contributed by atoms with van der Waals surface area (Å²) in [7, 11) is -1.79. The summed E-state index contributed by atoms with van der Waals surface area (Å²) in [5, 5.41) is 5.45. The van der Waals surface area contributed by atoms with Crippen LogP contribution < -0.4 is 20.1 Å². The number of anilines is 1. The van der Waals surface area contributed by atoms with Gasteiger partial charge in [0.1, 0.15) is 23.5 Å². The van der Waals surface area contributed by atoms with Crippen LogP contribution in [0.15, 0.2) is 60.9 Å². The van der Waals surface area contributed by atoms with Crippen molar-refractivity contribution in [2.45, 2.75) is 13.1 Å². The topological polar surface area (TPSA) is 139 Å². The second-order valence-corrected chi connectivity index (χ2v) is 8.82. The number of aromatic nitrogens is 2. The quantitative estimate of drug-likeness (QED) is 0.433. The second-order valence-electron chi connectivity index (χ2n) is 7.08. The van der Waals surface area contributed by atoms with E-state index in [1.165, 1.54) is 6.07 Å². The van der Waals surface area contributed by atoms with Gasteiger partial charge >= 0.3 is 0 Å². The number of carbonyl (C=O) groups is 2. The minimum atomic E-state index is -3.36. The maximum absolute atomic E-state index is 12.5. The zero-order chi connectivity index (χ0) is 23.8. The zero-order valence-corrected chi connectivity index (χ0v) is 18.8. The molecule has 0 aliphatic heterocycles. The maximum atomic E-state index is 12.5. The molecule has 3 N–H and O–H groups in total. The molecular weight excluding hydrogens is 446 g/mol. The Labute approximate surface area is 191 Å². The fourth-order valence-corrected chi connectivity index (χ4v) is 3.40. The Morgan fingerprint density at radius 2 is 1.48 bits per heavy atom. The molecule has 0 saturated carbocycles. The van der Waals surface area contributed by atoms with Crippen molar-refractivity contribution >= 4 is 27.5 Å². The summed E-state index contributed by atoms with van der Waals surface area (Å²) in [6, 6.07) is 15.2. The molecule has 3 rings (SSSR count). The number of nitrogens with one attached hydrogen (secondary N) is 3. The van der Waals surface area contributed by atoms with E-state index >= 15 is 0 Å². The summed E-state index contributed by atoms with van der Waals surface area (Å²) in [5.74, 6) is -0.232. The minimum Gasteiger partial charge on any atom is -0.497 e. The highest BCUT2D eigenvalue weighted by molar-refractivity contribution is 7.92. The van der Waals surface area contributed by atoms with Crippen molar-refractivity contribution < 1.29 is 22.7 Å². The molecule has 0 atom stereocenters. The molecule has 11 heteroatoms. The number of nitrogens with zero attached hydrogens (tertiary/aromatic N) is 2. The number of hydrogen-bond donors (Lipinski definition) is 3. The standard InChI is InChI=1S/C22H23N5O5S/c1-32-18-5-3-4-16(10-18)13-24-22(29)20-11-19(25-14-26-20)21(28)23-12-15-6-8-17(9-7-15)27-33(2,30)31/h3-11,14,27H,12-13H2,1-2H3,(H,23,28)(H,24,29). The third-order valence-electron chi connectivity index (χ3n) is 4.43. The molecular formula is C22H23N5O5S. The first kappa shape index (κ1) is 23.7. The molecule has 33 heavy (non-hydrogen) atoms. The average Bonchev–Trinajstić information content (AvgIpc) is 2.81. The molecule has 0 aliphatic rings. The largest absolute Gasteiger partial charge is 0.497 e. The average molecular weight is 470 g/mol. The van der Waals surface area contributed by atoms with Crippen LogP contribution in [0.2, 0.25) is 0 Å². The summed E-state index contributed by atoms with van der Waals surface area (Å²) in [4.78, 5) is 32.8. The van der Waals surface area contributed by atoms with Gasteiger partial charge in [-0.15, -0.1) is 0 Å². The van der Waals surface area contributed by atoms with Crippen molar-refractivity contribution in [3.05, 3.63) is 83.4 Å². The fourth-order valence-electron chi connectivity index (χ4n) is 2.84. The monoisotopic (exact) mass is 469 g/mol. The zero-order valence-electron chi connectivity index (χ0n) is 18.0. The lowest BCUT2D eigenvalue weighted by atomic mass is 10.2. The van der Waals surface area contributed by atoms with Crippen LogP contribution in [0.3, 0.4) is 0 Å². The molecule has 0 unspecified atom stereocenters. The Morgan fingerprint density at radius 1 is 0.879 bits per heavy atom. The van der Waals surface area contributed by atoms with Crippen LogP contribution in [-0.4, -0.2) is 43.6 Å². The number of carbonyl (C=O) groups excluding carboxylic acids is 2. The lowest BCUT2D eigenvalue weighted by molar-refractivity contribution is 0.0944. The van der Waals surface area contributed by atoms with Crippen molar-refractivity contribution in [2.24, 2.45) is 0 Å². The van der Waals surface area contributed by atoms with Gasteiger partial charge in [-0.2, -0.15) is 0 Å². The molecule has 0 aliphatic carbocycles. The van der Waals surface area contributed by atoms with Crippen LogP contribution in [0.5, 0.6) is 5.75 Å². The Morgan fingerprint density at radius 3 is 2.06 bits per heavy atom. The van der Waals surface area contributed by atoms with Crippen molar-refractivity contribution in [3.63, 3.8) is 0 Å². The number of benzene rings is 2. The normalized spacial score (nSPS) is 10.8. The lowest BCUT2D eigenvalue weighted by Crippen LogP contribution is -2.27. The predicted molar refractivity (Wildman–Crippen MR) is 122 cm³/mol. The highest BCUT2D eigenvalue weighted by atomic mass is 32.2. The maximum Gasteiger partial charge on any atom is 0.270 e. The first-order valence-electron chi connectivity index (χ1n) is 9.81. The smallest absolute Gasteiger partial charge is 0.270 e. The molecule has 1 aromatic heterocycles. The minimum absolute atomic E-state index is 0.0480. The van der Waals surface area contributed by atoms with E-state index in [2.05, 4.69) is 25.3 Å². The predicted octanol–water partition coefficient (Wildman–Crippen LogP) is 1.72. The van der Waals surface area contributed by atoms with Gasteiger partial charge in [-0.25, -0.2) is 18.4 Å². The summed E-state index contributed by atoms with van der Waals surface area (Å²) in [5.41, 5.74) is 2.15. The Balaban J connectivity index is 1.56. The van der Waals surface area contributed by atoms with Crippen molar-refractivity contribution in [2.75, 3.05) is 18.1 Å². The molecule has 10 nitrogen and oxygen atoms in total. The van der Waals surface area contributed by atoms with E-state index in [-0.39, 0.29) is 24.5 Å². The third kappa shape index (κ3) is 7.28. The Hall–Kier alpha value is -3.99. The number of amides is 2. The lowest BCUT2D eigenvalue weighted by Gasteiger charge is -2.08. The van der Waals surface area contributed by atoms with Crippen LogP contribution in [-0.2, 0) is 23.1 Å². The van der Waals surface area contributed by atoms with Crippen molar-refractivity contribution in [1.82, 2.24) is 20.6 Å². The summed E-state index contributed by atoms with van der Waals surface area (Å²) in [6.07, 6.45) is 2.22. The second kappa shape index (κ2) is 10.6. The van der Waals surface area contributed by atoms with Crippen LogP contribution in [0.4, 0.5) is 5.69 Å². The third-order valence-corrected chi connectivity index (χ3v) is 5.04. The van der Waals surface area contributed by atoms with Gasteiger partial charge in [-0.05, 0) is 35.4 Å². The van der Waals surface area contributed by atoms with Crippen LogP contribution in [0.25, 0.3) is 0 Å². The van der Waals surface area contributed by atoms with E-state index in [9.17, 15) is 18.0 Å². The highest BCUT2D eigenvalue weighted by Gasteiger charge is 2.13. The number of rotatable bonds is 9. The molecule has 0 radical (unpaired) electrons.